The Balaban J connectivity index is 0.00000338. The summed E-state index contributed by atoms with van der Waals surface area (Å²) < 4.78 is 11.1. The highest BCUT2D eigenvalue weighted by Crippen LogP contribution is 2.30. The summed E-state index contributed by atoms with van der Waals surface area (Å²) in [5, 5.41) is 2.86. The lowest BCUT2D eigenvalue weighted by atomic mass is 10.2. The van der Waals surface area contributed by atoms with Crippen LogP contribution in [0.15, 0.2) is 48.5 Å². The van der Waals surface area contributed by atoms with Crippen LogP contribution in [0.1, 0.15) is 12.0 Å². The van der Waals surface area contributed by atoms with Crippen molar-refractivity contribution in [1.82, 2.24) is 5.32 Å². The van der Waals surface area contributed by atoms with Crippen LogP contribution in [-0.2, 0) is 11.3 Å². The molecular formula is C19H25ClN2O3S. The van der Waals surface area contributed by atoms with Crippen LogP contribution in [0, 0.1) is 0 Å². The third-order valence-electron chi connectivity index (χ3n) is 3.66. The van der Waals surface area contributed by atoms with Crippen LogP contribution in [-0.4, -0.2) is 31.1 Å². The molecule has 0 aromatic heterocycles. The number of carbonyl (C=O) groups excluding carboxylic acids is 1. The van der Waals surface area contributed by atoms with Gasteiger partial charge in [-0.25, -0.2) is 0 Å². The van der Waals surface area contributed by atoms with Crippen molar-refractivity contribution < 1.29 is 14.3 Å². The molecule has 1 amide bonds. The first-order chi connectivity index (χ1) is 12.1. The number of carbonyl (C=O) groups is 1. The van der Waals surface area contributed by atoms with E-state index in [4.69, 9.17) is 15.2 Å². The standard InChI is InChI=1S/C19H24N2O3S.ClH/c1-23-17-5-3-4-6-18(17)24-15-9-7-14(8-10-15)13-21-19(22)16(20)11-12-25-2;/h3-10,16H,11-13,20H2,1-2H3,(H,21,22);1H/t16-;/m0./s1. The maximum absolute atomic E-state index is 11.9. The van der Waals surface area contributed by atoms with Gasteiger partial charge >= 0.3 is 0 Å². The number of nitrogens with two attached hydrogens (primary N) is 1. The molecule has 0 unspecified atom stereocenters. The van der Waals surface area contributed by atoms with Crippen molar-refractivity contribution in [2.24, 2.45) is 5.73 Å². The fourth-order valence-electron chi connectivity index (χ4n) is 2.20. The molecule has 0 fully saturated rings. The molecule has 0 bridgehead atoms. The van der Waals surface area contributed by atoms with E-state index in [1.54, 1.807) is 18.9 Å². The zero-order valence-electron chi connectivity index (χ0n) is 14.9. The van der Waals surface area contributed by atoms with Gasteiger partial charge in [0.2, 0.25) is 5.91 Å². The second kappa shape index (κ2) is 11.7. The van der Waals surface area contributed by atoms with Gasteiger partial charge in [-0.15, -0.1) is 12.4 Å². The number of nitrogens with one attached hydrogen (secondary N) is 1. The van der Waals surface area contributed by atoms with Gasteiger partial charge in [0.1, 0.15) is 5.75 Å². The van der Waals surface area contributed by atoms with Gasteiger partial charge in [0.25, 0.3) is 0 Å². The number of hydrogen-bond acceptors (Lipinski definition) is 5. The monoisotopic (exact) mass is 396 g/mol. The number of ether oxygens (including phenoxy) is 2. The predicted molar refractivity (Wildman–Crippen MR) is 110 cm³/mol. The molecule has 0 spiro atoms. The number of halogens is 1. The van der Waals surface area contributed by atoms with Gasteiger partial charge in [-0.1, -0.05) is 24.3 Å². The Morgan fingerprint density at radius 1 is 1.15 bits per heavy atom. The van der Waals surface area contributed by atoms with E-state index in [9.17, 15) is 4.79 Å². The summed E-state index contributed by atoms with van der Waals surface area (Å²) in [5.74, 6) is 2.80. The minimum atomic E-state index is -0.458. The van der Waals surface area contributed by atoms with Gasteiger partial charge in [-0.3, -0.25) is 4.79 Å². The van der Waals surface area contributed by atoms with Crippen molar-refractivity contribution in [3.05, 3.63) is 54.1 Å². The molecule has 2 aromatic carbocycles. The summed E-state index contributed by atoms with van der Waals surface area (Å²) in [6.45, 7) is 0.445. The molecule has 7 heteroatoms. The van der Waals surface area contributed by atoms with Crippen molar-refractivity contribution in [3.63, 3.8) is 0 Å². The molecule has 0 aliphatic rings. The fourth-order valence-corrected chi connectivity index (χ4v) is 2.69. The van der Waals surface area contributed by atoms with Crippen LogP contribution in [0.25, 0.3) is 0 Å². The zero-order chi connectivity index (χ0) is 18.1. The molecule has 26 heavy (non-hydrogen) atoms. The summed E-state index contributed by atoms with van der Waals surface area (Å²) >= 11 is 1.68. The van der Waals surface area contributed by atoms with Gasteiger partial charge in [0, 0.05) is 6.54 Å². The number of hydrogen-bond donors (Lipinski definition) is 2. The lowest BCUT2D eigenvalue weighted by molar-refractivity contribution is -0.122. The van der Waals surface area contributed by atoms with Crippen molar-refractivity contribution in [1.29, 1.82) is 0 Å². The maximum atomic E-state index is 11.9. The smallest absolute Gasteiger partial charge is 0.237 e. The van der Waals surface area contributed by atoms with E-state index in [2.05, 4.69) is 5.32 Å². The van der Waals surface area contributed by atoms with Crippen molar-refractivity contribution in [2.75, 3.05) is 19.1 Å². The number of benzene rings is 2. The Morgan fingerprint density at radius 3 is 2.42 bits per heavy atom. The molecule has 0 heterocycles. The molecule has 0 aliphatic heterocycles. The highest BCUT2D eigenvalue weighted by Gasteiger charge is 2.12. The molecule has 1 atom stereocenters. The minimum Gasteiger partial charge on any atom is -0.493 e. The summed E-state index contributed by atoms with van der Waals surface area (Å²) in [4.78, 5) is 11.9. The Labute approximate surface area is 165 Å². The molecular weight excluding hydrogens is 372 g/mol. The molecule has 0 aliphatic carbocycles. The average molecular weight is 397 g/mol. The summed E-state index contributed by atoms with van der Waals surface area (Å²) in [7, 11) is 1.61. The maximum Gasteiger partial charge on any atom is 0.237 e. The van der Waals surface area contributed by atoms with E-state index in [0.29, 0.717) is 30.2 Å². The van der Waals surface area contributed by atoms with Gasteiger partial charge in [0.15, 0.2) is 11.5 Å². The predicted octanol–water partition coefficient (Wildman–Crippen LogP) is 3.61. The summed E-state index contributed by atoms with van der Waals surface area (Å²) in [6.07, 6.45) is 2.68. The van der Waals surface area contributed by atoms with Crippen molar-refractivity contribution >= 4 is 30.1 Å². The first-order valence-electron chi connectivity index (χ1n) is 8.06. The normalized spacial score (nSPS) is 11.2. The highest BCUT2D eigenvalue weighted by atomic mass is 35.5. The van der Waals surface area contributed by atoms with E-state index in [1.807, 2.05) is 54.8 Å². The van der Waals surface area contributed by atoms with Gasteiger partial charge in [0.05, 0.1) is 13.2 Å². The Kier molecular flexibility index (Phi) is 9.95. The van der Waals surface area contributed by atoms with Gasteiger partial charge < -0.3 is 20.5 Å². The Hall–Kier alpha value is -1.89. The van der Waals surface area contributed by atoms with Crippen LogP contribution >= 0.6 is 24.2 Å². The second-order valence-corrected chi connectivity index (χ2v) is 6.49. The first-order valence-corrected chi connectivity index (χ1v) is 9.45. The molecule has 5 nitrogen and oxygen atoms in total. The van der Waals surface area contributed by atoms with Crippen molar-refractivity contribution in [3.8, 4) is 17.2 Å². The highest BCUT2D eigenvalue weighted by molar-refractivity contribution is 7.98. The van der Waals surface area contributed by atoms with E-state index in [0.717, 1.165) is 11.3 Å². The topological polar surface area (TPSA) is 73.6 Å². The number of amides is 1. The molecule has 142 valence electrons. The lowest BCUT2D eigenvalue weighted by Gasteiger charge is -2.12. The van der Waals surface area contributed by atoms with Crippen LogP contribution in [0.3, 0.4) is 0 Å². The zero-order valence-corrected chi connectivity index (χ0v) is 16.6. The molecule has 3 N–H and O–H groups in total. The molecule has 0 radical (unpaired) electrons. The van der Waals surface area contributed by atoms with Gasteiger partial charge in [-0.2, -0.15) is 11.8 Å². The van der Waals surface area contributed by atoms with E-state index in [1.165, 1.54) is 0 Å². The van der Waals surface area contributed by atoms with Gasteiger partial charge in [-0.05, 0) is 48.3 Å². The summed E-state index contributed by atoms with van der Waals surface area (Å²) in [6, 6.07) is 14.6. The molecule has 0 saturated heterocycles. The first kappa shape index (κ1) is 22.2. The Morgan fingerprint density at radius 2 is 1.81 bits per heavy atom. The third-order valence-corrected chi connectivity index (χ3v) is 4.30. The number of rotatable bonds is 9. The Bertz CT molecular complexity index is 683. The molecule has 2 aromatic rings. The van der Waals surface area contributed by atoms with Crippen LogP contribution in [0.2, 0.25) is 0 Å². The number of thioether (sulfide) groups is 1. The molecule has 0 saturated carbocycles. The average Bonchev–Trinajstić information content (AvgIpc) is 2.65. The largest absolute Gasteiger partial charge is 0.493 e. The second-order valence-electron chi connectivity index (χ2n) is 5.50. The fraction of sp³-hybridized carbons (Fsp3) is 0.316. The van der Waals surface area contributed by atoms with Crippen LogP contribution in [0.4, 0.5) is 0 Å². The van der Waals surface area contributed by atoms with Crippen LogP contribution < -0.4 is 20.5 Å². The minimum absolute atomic E-state index is 0. The van der Waals surface area contributed by atoms with E-state index in [-0.39, 0.29) is 18.3 Å². The van der Waals surface area contributed by atoms with E-state index >= 15 is 0 Å². The molecule has 2 rings (SSSR count). The quantitative estimate of drug-likeness (QED) is 0.677. The summed E-state index contributed by atoms with van der Waals surface area (Å²) in [5.41, 5.74) is 6.83. The SMILES string of the molecule is COc1ccccc1Oc1ccc(CNC(=O)[C@@H](N)CCSC)cc1.Cl. The van der Waals surface area contributed by atoms with Crippen LogP contribution in [0.5, 0.6) is 17.2 Å². The number of para-hydroxylation sites is 2. The van der Waals surface area contributed by atoms with E-state index < -0.39 is 6.04 Å². The number of methoxy groups -OCH3 is 1. The lowest BCUT2D eigenvalue weighted by Crippen LogP contribution is -2.40. The van der Waals surface area contributed by atoms with Crippen molar-refractivity contribution in [2.45, 2.75) is 19.0 Å². The third kappa shape index (κ3) is 6.78.